The van der Waals surface area contributed by atoms with Gasteiger partial charge in [-0.1, -0.05) is 0 Å². The zero-order chi connectivity index (χ0) is 9.30. The summed E-state index contributed by atoms with van der Waals surface area (Å²) in [5, 5.41) is 27.6. The van der Waals surface area contributed by atoms with Gasteiger partial charge in [0.15, 0.2) is 0 Å². The first kappa shape index (κ1) is 9.92. The molecule has 4 heteroatoms. The average Bonchev–Trinajstić information content (AvgIpc) is 2.64. The van der Waals surface area contributed by atoms with E-state index >= 15 is 0 Å². The Kier molecular flexibility index (Phi) is 3.06. The summed E-state index contributed by atoms with van der Waals surface area (Å²) in [4.78, 5) is 0. The highest BCUT2D eigenvalue weighted by molar-refractivity contribution is 4.91. The molecule has 0 aliphatic carbocycles. The number of hydrogen-bond donors (Lipinski definition) is 3. The third kappa shape index (κ3) is 2.42. The molecule has 5 atom stereocenters. The summed E-state index contributed by atoms with van der Waals surface area (Å²) in [6.45, 7) is 3.41. The van der Waals surface area contributed by atoms with Gasteiger partial charge in [-0.15, -0.1) is 0 Å². The van der Waals surface area contributed by atoms with Gasteiger partial charge < -0.3 is 20.1 Å². The van der Waals surface area contributed by atoms with E-state index in [0.29, 0.717) is 0 Å². The van der Waals surface area contributed by atoms with Crippen LogP contribution in [-0.2, 0) is 4.74 Å². The molecule has 0 aromatic carbocycles. The number of aliphatic hydroxyl groups excluding tert-OH is 3. The maximum atomic E-state index is 9.39. The minimum Gasteiger partial charge on any atom is -0.393 e. The maximum absolute atomic E-state index is 9.39. The lowest BCUT2D eigenvalue weighted by Crippen LogP contribution is -2.34. The van der Waals surface area contributed by atoms with Gasteiger partial charge in [-0.05, 0) is 13.8 Å². The van der Waals surface area contributed by atoms with Gasteiger partial charge in [0.05, 0.1) is 18.3 Å². The molecule has 0 radical (unpaired) electrons. The van der Waals surface area contributed by atoms with Gasteiger partial charge in [-0.25, -0.2) is 0 Å². The molecule has 1 aliphatic rings. The highest BCUT2D eigenvalue weighted by Gasteiger charge is 2.43. The van der Waals surface area contributed by atoms with Crippen LogP contribution in [0.3, 0.4) is 0 Å². The molecule has 0 amide bonds. The Morgan fingerprint density at radius 3 is 2.17 bits per heavy atom. The highest BCUT2D eigenvalue weighted by atomic mass is 16.6. The number of hydrogen-bond acceptors (Lipinski definition) is 4. The third-order valence-corrected chi connectivity index (χ3v) is 2.07. The van der Waals surface area contributed by atoms with E-state index in [1.165, 1.54) is 0 Å². The van der Waals surface area contributed by atoms with Gasteiger partial charge in [0.25, 0.3) is 0 Å². The summed E-state index contributed by atoms with van der Waals surface area (Å²) in [6.07, 6.45) is -2.38. The van der Waals surface area contributed by atoms with Crippen molar-refractivity contribution in [3.05, 3.63) is 0 Å². The Bertz CT molecular complexity index is 148. The third-order valence-electron chi connectivity index (χ3n) is 2.07. The Morgan fingerprint density at radius 2 is 1.83 bits per heavy atom. The second kappa shape index (κ2) is 3.70. The van der Waals surface area contributed by atoms with Crippen LogP contribution in [0.1, 0.15) is 20.3 Å². The maximum Gasteiger partial charge on any atom is 0.112 e. The van der Waals surface area contributed by atoms with Gasteiger partial charge >= 0.3 is 0 Å². The summed E-state index contributed by atoms with van der Waals surface area (Å²) < 4.78 is 4.99. The molecule has 0 bridgehead atoms. The molecule has 5 unspecified atom stereocenters. The van der Waals surface area contributed by atoms with Crippen LogP contribution in [0.2, 0.25) is 0 Å². The Hall–Kier alpha value is -0.160. The van der Waals surface area contributed by atoms with Crippen molar-refractivity contribution in [2.45, 2.75) is 50.8 Å². The second-order valence-electron chi connectivity index (χ2n) is 3.45. The van der Waals surface area contributed by atoms with E-state index in [0.717, 1.165) is 0 Å². The van der Waals surface area contributed by atoms with Crippen LogP contribution in [0.5, 0.6) is 0 Å². The Balaban J connectivity index is 2.26. The van der Waals surface area contributed by atoms with Crippen LogP contribution in [0, 0.1) is 0 Å². The highest BCUT2D eigenvalue weighted by Crippen LogP contribution is 2.27. The molecule has 1 heterocycles. The second-order valence-corrected chi connectivity index (χ2v) is 3.45. The first-order valence-electron chi connectivity index (χ1n) is 4.22. The van der Waals surface area contributed by atoms with Gasteiger partial charge in [-0.2, -0.15) is 0 Å². The Labute approximate surface area is 71.8 Å². The average molecular weight is 176 g/mol. The molecule has 1 fully saturated rings. The number of rotatable bonds is 4. The predicted octanol–water partition coefficient (Wildman–Crippen LogP) is -0.734. The van der Waals surface area contributed by atoms with E-state index in [4.69, 9.17) is 9.84 Å². The van der Waals surface area contributed by atoms with Crippen molar-refractivity contribution >= 4 is 0 Å². The molecule has 4 nitrogen and oxygen atoms in total. The molecule has 1 rings (SSSR count). The first-order valence-corrected chi connectivity index (χ1v) is 4.22. The topological polar surface area (TPSA) is 73.2 Å². The van der Waals surface area contributed by atoms with Crippen LogP contribution in [0.15, 0.2) is 0 Å². The minimum absolute atomic E-state index is 0.0312. The lowest BCUT2D eigenvalue weighted by molar-refractivity contribution is -0.0211. The number of aliphatic hydroxyl groups is 3. The number of epoxide rings is 1. The van der Waals surface area contributed by atoms with Gasteiger partial charge in [0.1, 0.15) is 12.2 Å². The zero-order valence-corrected chi connectivity index (χ0v) is 7.34. The quantitative estimate of drug-likeness (QED) is 0.494. The van der Waals surface area contributed by atoms with E-state index < -0.39 is 18.3 Å². The summed E-state index contributed by atoms with van der Waals surface area (Å²) in [5.41, 5.74) is 0. The van der Waals surface area contributed by atoms with Crippen LogP contribution < -0.4 is 0 Å². The molecule has 0 saturated carbocycles. The molecule has 0 aromatic heterocycles. The normalized spacial score (nSPS) is 35.8. The van der Waals surface area contributed by atoms with Gasteiger partial charge in [0, 0.05) is 6.42 Å². The SMILES string of the molecule is CC(O)CC(O)C(O)C1OC1C. The van der Waals surface area contributed by atoms with Crippen LogP contribution in [0.4, 0.5) is 0 Å². The van der Waals surface area contributed by atoms with Crippen molar-refractivity contribution in [1.82, 2.24) is 0 Å². The van der Waals surface area contributed by atoms with Gasteiger partial charge in [0.2, 0.25) is 0 Å². The van der Waals surface area contributed by atoms with Crippen molar-refractivity contribution in [1.29, 1.82) is 0 Å². The van der Waals surface area contributed by atoms with Gasteiger partial charge in [-0.3, -0.25) is 0 Å². The summed E-state index contributed by atoms with van der Waals surface area (Å²) in [5.74, 6) is 0. The molecule has 72 valence electrons. The largest absolute Gasteiger partial charge is 0.393 e. The molecular formula is C8H16O4. The predicted molar refractivity (Wildman–Crippen MR) is 42.6 cm³/mol. The fraction of sp³-hybridized carbons (Fsp3) is 1.00. The van der Waals surface area contributed by atoms with E-state index in [-0.39, 0.29) is 18.6 Å². The van der Waals surface area contributed by atoms with Crippen LogP contribution in [-0.4, -0.2) is 45.8 Å². The minimum atomic E-state index is -0.889. The van der Waals surface area contributed by atoms with E-state index in [2.05, 4.69) is 0 Å². The Morgan fingerprint density at radius 1 is 1.33 bits per heavy atom. The standard InChI is InChI=1S/C8H16O4/c1-4(9)3-6(10)7(11)8-5(2)12-8/h4-11H,3H2,1-2H3. The molecule has 1 saturated heterocycles. The lowest BCUT2D eigenvalue weighted by Gasteiger charge is -2.16. The van der Waals surface area contributed by atoms with Crippen molar-refractivity contribution in [2.75, 3.05) is 0 Å². The number of ether oxygens (including phenoxy) is 1. The first-order chi connectivity index (χ1) is 5.52. The van der Waals surface area contributed by atoms with Crippen LogP contribution in [0.25, 0.3) is 0 Å². The fourth-order valence-electron chi connectivity index (χ4n) is 1.27. The lowest BCUT2D eigenvalue weighted by atomic mass is 10.0. The zero-order valence-electron chi connectivity index (χ0n) is 7.34. The molecule has 0 aromatic rings. The monoisotopic (exact) mass is 176 g/mol. The summed E-state index contributed by atoms with van der Waals surface area (Å²) >= 11 is 0. The van der Waals surface area contributed by atoms with Crippen LogP contribution >= 0.6 is 0 Å². The molecule has 1 aliphatic heterocycles. The molecule has 12 heavy (non-hydrogen) atoms. The summed E-state index contributed by atoms with van der Waals surface area (Å²) in [6, 6.07) is 0. The molecule has 3 N–H and O–H groups in total. The van der Waals surface area contributed by atoms with E-state index in [9.17, 15) is 10.2 Å². The molecule has 0 spiro atoms. The van der Waals surface area contributed by atoms with Crippen molar-refractivity contribution < 1.29 is 20.1 Å². The molecular weight excluding hydrogens is 160 g/mol. The van der Waals surface area contributed by atoms with Crippen molar-refractivity contribution in [3.63, 3.8) is 0 Å². The summed E-state index contributed by atoms with van der Waals surface area (Å²) in [7, 11) is 0. The van der Waals surface area contributed by atoms with Crippen molar-refractivity contribution in [3.8, 4) is 0 Å². The van der Waals surface area contributed by atoms with E-state index in [1.807, 2.05) is 6.92 Å². The van der Waals surface area contributed by atoms with Crippen molar-refractivity contribution in [2.24, 2.45) is 0 Å². The smallest absolute Gasteiger partial charge is 0.112 e. The fourth-order valence-corrected chi connectivity index (χ4v) is 1.27. The van der Waals surface area contributed by atoms with E-state index in [1.54, 1.807) is 6.92 Å².